The molecule has 0 fully saturated rings. The number of rotatable bonds is 11. The molecule has 0 saturated carbocycles. The lowest BCUT2D eigenvalue weighted by Crippen LogP contribution is -2.32. The summed E-state index contributed by atoms with van der Waals surface area (Å²) in [7, 11) is 1.63. The molecule has 0 aliphatic heterocycles. The van der Waals surface area contributed by atoms with Crippen molar-refractivity contribution in [3.63, 3.8) is 0 Å². The fourth-order valence-corrected chi connectivity index (χ4v) is 1.36. The monoisotopic (exact) mass is 243 g/mol. The minimum atomic E-state index is -0.470. The quantitative estimate of drug-likeness (QED) is 0.416. The molecule has 0 aliphatic carbocycles. The molecule has 17 heavy (non-hydrogen) atoms. The summed E-state index contributed by atoms with van der Waals surface area (Å²) in [5.74, 6) is 2.60. The third kappa shape index (κ3) is 11.7. The standard InChI is InChI=1S/C13H25NO3/c1-4-5-6-7-8-14-9-13(15)11-17-12(2)10-16-3/h1,12-15H,5-11H2,2-3H3. The first-order valence-corrected chi connectivity index (χ1v) is 6.13. The van der Waals surface area contributed by atoms with Crippen molar-refractivity contribution in [3.05, 3.63) is 0 Å². The van der Waals surface area contributed by atoms with Crippen molar-refractivity contribution >= 4 is 0 Å². The van der Waals surface area contributed by atoms with E-state index in [9.17, 15) is 5.11 Å². The predicted octanol–water partition coefficient (Wildman–Crippen LogP) is 0.792. The smallest absolute Gasteiger partial charge is 0.0897 e. The van der Waals surface area contributed by atoms with E-state index in [1.807, 2.05) is 6.92 Å². The number of aliphatic hydroxyl groups is 1. The van der Waals surface area contributed by atoms with Crippen LogP contribution in [0.5, 0.6) is 0 Å². The van der Waals surface area contributed by atoms with Crippen LogP contribution in [0.3, 0.4) is 0 Å². The van der Waals surface area contributed by atoms with Crippen molar-refractivity contribution in [2.45, 2.75) is 38.4 Å². The first-order chi connectivity index (χ1) is 8.20. The van der Waals surface area contributed by atoms with E-state index in [0.717, 1.165) is 25.8 Å². The van der Waals surface area contributed by atoms with Gasteiger partial charge in [-0.05, 0) is 26.3 Å². The Morgan fingerprint density at radius 2 is 2.12 bits per heavy atom. The first-order valence-electron chi connectivity index (χ1n) is 6.13. The third-order valence-corrected chi connectivity index (χ3v) is 2.28. The molecule has 0 saturated heterocycles. The van der Waals surface area contributed by atoms with Gasteiger partial charge in [0.1, 0.15) is 0 Å². The second-order valence-corrected chi connectivity index (χ2v) is 4.12. The molecule has 100 valence electrons. The van der Waals surface area contributed by atoms with Gasteiger partial charge >= 0.3 is 0 Å². The van der Waals surface area contributed by atoms with Crippen LogP contribution in [-0.4, -0.2) is 50.7 Å². The van der Waals surface area contributed by atoms with Crippen molar-refractivity contribution in [3.8, 4) is 12.3 Å². The largest absolute Gasteiger partial charge is 0.389 e. The summed E-state index contributed by atoms with van der Waals surface area (Å²) in [4.78, 5) is 0. The van der Waals surface area contributed by atoms with Crippen LogP contribution in [0.1, 0.15) is 26.2 Å². The number of unbranched alkanes of at least 4 members (excludes halogenated alkanes) is 2. The molecular weight excluding hydrogens is 218 g/mol. The van der Waals surface area contributed by atoms with Crippen LogP contribution in [0.25, 0.3) is 0 Å². The average molecular weight is 243 g/mol. The second-order valence-electron chi connectivity index (χ2n) is 4.12. The summed E-state index contributed by atoms with van der Waals surface area (Å²) in [6.07, 6.45) is 7.58. The Labute approximate surface area is 105 Å². The van der Waals surface area contributed by atoms with Crippen LogP contribution in [0.15, 0.2) is 0 Å². The van der Waals surface area contributed by atoms with Gasteiger partial charge in [-0.25, -0.2) is 0 Å². The number of ether oxygens (including phenoxy) is 2. The van der Waals surface area contributed by atoms with Crippen LogP contribution in [0, 0.1) is 12.3 Å². The van der Waals surface area contributed by atoms with Gasteiger partial charge in [0.15, 0.2) is 0 Å². The first kappa shape index (κ1) is 16.4. The van der Waals surface area contributed by atoms with E-state index in [4.69, 9.17) is 15.9 Å². The molecular formula is C13H25NO3. The minimum Gasteiger partial charge on any atom is -0.389 e. The molecule has 0 heterocycles. The highest BCUT2D eigenvalue weighted by Gasteiger charge is 2.07. The molecule has 2 N–H and O–H groups in total. The zero-order valence-corrected chi connectivity index (χ0v) is 10.9. The maximum Gasteiger partial charge on any atom is 0.0897 e. The molecule has 0 aromatic carbocycles. The van der Waals surface area contributed by atoms with Gasteiger partial charge in [-0.15, -0.1) is 12.3 Å². The van der Waals surface area contributed by atoms with E-state index in [1.54, 1.807) is 7.11 Å². The van der Waals surface area contributed by atoms with E-state index < -0.39 is 6.10 Å². The second kappa shape index (κ2) is 11.9. The number of nitrogens with one attached hydrogen (secondary N) is 1. The fourth-order valence-electron chi connectivity index (χ4n) is 1.36. The zero-order valence-electron chi connectivity index (χ0n) is 10.9. The zero-order chi connectivity index (χ0) is 12.9. The molecule has 0 spiro atoms. The Balaban J connectivity index is 3.28. The number of hydrogen-bond donors (Lipinski definition) is 2. The molecule has 0 aromatic heterocycles. The van der Waals surface area contributed by atoms with E-state index in [-0.39, 0.29) is 6.10 Å². The van der Waals surface area contributed by atoms with Gasteiger partial charge in [0, 0.05) is 20.1 Å². The summed E-state index contributed by atoms with van der Waals surface area (Å²) < 4.78 is 10.3. The molecule has 2 unspecified atom stereocenters. The number of aliphatic hydroxyl groups excluding tert-OH is 1. The van der Waals surface area contributed by atoms with Crippen molar-refractivity contribution in [1.29, 1.82) is 0 Å². The summed E-state index contributed by atoms with van der Waals surface area (Å²) in [6.45, 7) is 4.24. The molecule has 0 amide bonds. The maximum absolute atomic E-state index is 9.61. The van der Waals surface area contributed by atoms with Gasteiger partial charge in [0.25, 0.3) is 0 Å². The highest BCUT2D eigenvalue weighted by Crippen LogP contribution is 1.94. The van der Waals surface area contributed by atoms with Crippen molar-refractivity contribution < 1.29 is 14.6 Å². The van der Waals surface area contributed by atoms with Crippen LogP contribution in [0.4, 0.5) is 0 Å². The van der Waals surface area contributed by atoms with E-state index >= 15 is 0 Å². The Hall–Kier alpha value is -0.600. The third-order valence-electron chi connectivity index (χ3n) is 2.28. The molecule has 2 atom stereocenters. The molecule has 0 radical (unpaired) electrons. The Morgan fingerprint density at radius 3 is 2.76 bits per heavy atom. The number of hydrogen-bond acceptors (Lipinski definition) is 4. The summed E-state index contributed by atoms with van der Waals surface area (Å²) in [5, 5.41) is 12.8. The lowest BCUT2D eigenvalue weighted by molar-refractivity contribution is -0.0310. The SMILES string of the molecule is C#CCCCCNCC(O)COC(C)COC. The Kier molecular flexibility index (Phi) is 11.5. The lowest BCUT2D eigenvalue weighted by atomic mass is 10.2. The van der Waals surface area contributed by atoms with Gasteiger partial charge in [-0.2, -0.15) is 0 Å². The van der Waals surface area contributed by atoms with E-state index in [1.165, 1.54) is 0 Å². The van der Waals surface area contributed by atoms with Gasteiger partial charge in [0.2, 0.25) is 0 Å². The van der Waals surface area contributed by atoms with Crippen LogP contribution >= 0.6 is 0 Å². The van der Waals surface area contributed by atoms with Gasteiger partial charge < -0.3 is 19.9 Å². The molecule has 4 heteroatoms. The molecule has 0 rings (SSSR count). The summed E-state index contributed by atoms with van der Waals surface area (Å²) in [6, 6.07) is 0. The molecule has 0 aromatic rings. The minimum absolute atomic E-state index is 0.0188. The van der Waals surface area contributed by atoms with Crippen LogP contribution in [-0.2, 0) is 9.47 Å². The van der Waals surface area contributed by atoms with E-state index in [0.29, 0.717) is 19.8 Å². The van der Waals surface area contributed by atoms with Gasteiger partial charge in [0.05, 0.1) is 25.4 Å². The Morgan fingerprint density at radius 1 is 1.35 bits per heavy atom. The molecule has 4 nitrogen and oxygen atoms in total. The molecule has 0 bridgehead atoms. The van der Waals surface area contributed by atoms with Crippen molar-refractivity contribution in [1.82, 2.24) is 5.32 Å². The summed E-state index contributed by atoms with van der Waals surface area (Å²) >= 11 is 0. The number of methoxy groups -OCH3 is 1. The average Bonchev–Trinajstić information content (AvgIpc) is 2.31. The molecule has 0 aliphatic rings. The Bertz CT molecular complexity index is 203. The lowest BCUT2D eigenvalue weighted by Gasteiger charge is -2.16. The highest BCUT2D eigenvalue weighted by atomic mass is 16.5. The van der Waals surface area contributed by atoms with E-state index in [2.05, 4.69) is 11.2 Å². The van der Waals surface area contributed by atoms with Gasteiger partial charge in [-0.3, -0.25) is 0 Å². The topological polar surface area (TPSA) is 50.7 Å². The highest BCUT2D eigenvalue weighted by molar-refractivity contribution is 4.82. The van der Waals surface area contributed by atoms with Gasteiger partial charge in [-0.1, -0.05) is 0 Å². The van der Waals surface area contributed by atoms with Crippen molar-refractivity contribution in [2.24, 2.45) is 0 Å². The normalized spacial score (nSPS) is 14.2. The maximum atomic E-state index is 9.61. The fraction of sp³-hybridized carbons (Fsp3) is 0.846. The van der Waals surface area contributed by atoms with Crippen molar-refractivity contribution in [2.75, 3.05) is 33.4 Å². The number of terminal acetylenes is 1. The summed E-state index contributed by atoms with van der Waals surface area (Å²) in [5.41, 5.74) is 0. The predicted molar refractivity (Wildman–Crippen MR) is 68.9 cm³/mol. The van der Waals surface area contributed by atoms with Crippen LogP contribution in [0.2, 0.25) is 0 Å². The van der Waals surface area contributed by atoms with Crippen LogP contribution < -0.4 is 5.32 Å².